The minimum Gasteiger partial charge on any atom is -0.289 e. The fourth-order valence-corrected chi connectivity index (χ4v) is 1.93. The van der Waals surface area contributed by atoms with Crippen LogP contribution in [0.2, 0.25) is 0 Å². The number of benzene rings is 2. The van der Waals surface area contributed by atoms with E-state index in [-0.39, 0.29) is 5.78 Å². The highest BCUT2D eigenvalue weighted by molar-refractivity contribution is 6.24. The predicted molar refractivity (Wildman–Crippen MR) is 75.9 cm³/mol. The van der Waals surface area contributed by atoms with E-state index in [0.717, 1.165) is 11.1 Å². The van der Waals surface area contributed by atoms with Crippen molar-refractivity contribution in [1.29, 1.82) is 0 Å². The number of carbonyl (C=O) groups excluding carboxylic acids is 1. The van der Waals surface area contributed by atoms with Crippen molar-refractivity contribution >= 4 is 23.0 Å². The van der Waals surface area contributed by atoms with Crippen molar-refractivity contribution in [3.8, 4) is 0 Å². The number of alkyl halides is 1. The van der Waals surface area contributed by atoms with E-state index in [2.05, 4.69) is 0 Å². The van der Waals surface area contributed by atoms with Crippen LogP contribution >= 0.6 is 11.6 Å². The third kappa shape index (κ3) is 3.08. The van der Waals surface area contributed by atoms with Crippen LogP contribution in [0, 0.1) is 0 Å². The first kappa shape index (κ1) is 12.6. The van der Waals surface area contributed by atoms with E-state index < -0.39 is 0 Å². The second kappa shape index (κ2) is 6.18. The topological polar surface area (TPSA) is 17.1 Å². The predicted octanol–water partition coefficient (Wildman–Crippen LogP) is 4.19. The molecular weight excluding hydrogens is 244 g/mol. The molecule has 0 amide bonds. The Morgan fingerprint density at radius 1 is 0.889 bits per heavy atom. The minimum absolute atomic E-state index is 0.0184. The van der Waals surface area contributed by atoms with Crippen molar-refractivity contribution in [2.24, 2.45) is 0 Å². The summed E-state index contributed by atoms with van der Waals surface area (Å²) in [6, 6.07) is 18.9. The Labute approximate surface area is 112 Å². The number of hydrogen-bond acceptors (Lipinski definition) is 1. The molecule has 0 heterocycles. The van der Waals surface area contributed by atoms with Gasteiger partial charge in [-0.25, -0.2) is 0 Å². The van der Waals surface area contributed by atoms with Gasteiger partial charge in [0.15, 0.2) is 5.78 Å². The number of hydrogen-bond donors (Lipinski definition) is 0. The summed E-state index contributed by atoms with van der Waals surface area (Å²) in [5.74, 6) is 0.304. The summed E-state index contributed by atoms with van der Waals surface area (Å²) < 4.78 is 0. The number of rotatable bonds is 4. The molecule has 2 aromatic carbocycles. The first-order chi connectivity index (χ1) is 8.81. The quantitative estimate of drug-likeness (QED) is 0.455. The van der Waals surface area contributed by atoms with Crippen LogP contribution in [-0.2, 0) is 0 Å². The second-order valence-corrected chi connectivity index (χ2v) is 4.17. The lowest BCUT2D eigenvalue weighted by Gasteiger charge is -2.03. The number of allylic oxidation sites excluding steroid dienone is 2. The fourth-order valence-electron chi connectivity index (χ4n) is 1.70. The Bertz CT molecular complexity index is 544. The van der Waals surface area contributed by atoms with Crippen LogP contribution < -0.4 is 0 Å². The van der Waals surface area contributed by atoms with Crippen molar-refractivity contribution in [3.63, 3.8) is 0 Å². The van der Waals surface area contributed by atoms with Gasteiger partial charge in [-0.15, -0.1) is 11.6 Å². The molecule has 2 heteroatoms. The van der Waals surface area contributed by atoms with E-state index in [0.29, 0.717) is 11.4 Å². The van der Waals surface area contributed by atoms with E-state index in [1.807, 2.05) is 48.5 Å². The van der Waals surface area contributed by atoms with Gasteiger partial charge in [0, 0.05) is 11.4 Å². The molecule has 0 aliphatic rings. The zero-order chi connectivity index (χ0) is 12.8. The van der Waals surface area contributed by atoms with E-state index in [4.69, 9.17) is 11.6 Å². The standard InChI is InChI=1S/C16H13ClO/c17-12-15(13-7-3-1-4-8-13)11-16(18)14-9-5-2-6-10-14/h1-11H,12H2/b15-11+. The molecule has 0 saturated carbocycles. The fraction of sp³-hybridized carbons (Fsp3) is 0.0625. The molecule has 0 aliphatic carbocycles. The summed E-state index contributed by atoms with van der Waals surface area (Å²) in [6.07, 6.45) is 1.61. The van der Waals surface area contributed by atoms with Crippen LogP contribution in [-0.4, -0.2) is 11.7 Å². The molecule has 18 heavy (non-hydrogen) atoms. The van der Waals surface area contributed by atoms with E-state index in [1.165, 1.54) is 0 Å². The Morgan fingerprint density at radius 2 is 1.39 bits per heavy atom. The van der Waals surface area contributed by atoms with Crippen LogP contribution in [0.15, 0.2) is 66.7 Å². The van der Waals surface area contributed by atoms with Gasteiger partial charge in [0.05, 0.1) is 0 Å². The second-order valence-electron chi connectivity index (χ2n) is 3.90. The van der Waals surface area contributed by atoms with Gasteiger partial charge in [-0.1, -0.05) is 60.7 Å². The molecular formula is C16H13ClO. The lowest BCUT2D eigenvalue weighted by Crippen LogP contribution is -1.97. The van der Waals surface area contributed by atoms with Crippen molar-refractivity contribution in [3.05, 3.63) is 77.9 Å². The Kier molecular flexibility index (Phi) is 4.32. The average Bonchev–Trinajstić information content (AvgIpc) is 2.46. The third-order valence-corrected chi connectivity index (χ3v) is 2.94. The van der Waals surface area contributed by atoms with Crippen LogP contribution in [0.25, 0.3) is 5.57 Å². The first-order valence-corrected chi connectivity index (χ1v) is 6.26. The van der Waals surface area contributed by atoms with Gasteiger partial charge >= 0.3 is 0 Å². The normalized spacial score (nSPS) is 11.3. The molecule has 2 aromatic rings. The van der Waals surface area contributed by atoms with Crippen molar-refractivity contribution in [2.75, 3.05) is 5.88 Å². The summed E-state index contributed by atoms with van der Waals surface area (Å²) in [7, 11) is 0. The van der Waals surface area contributed by atoms with Gasteiger partial charge in [0.2, 0.25) is 0 Å². The lowest BCUT2D eigenvalue weighted by atomic mass is 10.0. The third-order valence-electron chi connectivity index (χ3n) is 2.65. The van der Waals surface area contributed by atoms with Gasteiger partial charge in [0.25, 0.3) is 0 Å². The van der Waals surface area contributed by atoms with Gasteiger partial charge in [-0.05, 0) is 17.2 Å². The summed E-state index contributed by atoms with van der Waals surface area (Å²) in [4.78, 5) is 12.1. The van der Waals surface area contributed by atoms with E-state index >= 15 is 0 Å². The molecule has 0 fully saturated rings. The van der Waals surface area contributed by atoms with Crippen LogP contribution in [0.3, 0.4) is 0 Å². The Morgan fingerprint density at radius 3 is 1.89 bits per heavy atom. The van der Waals surface area contributed by atoms with Crippen molar-refractivity contribution < 1.29 is 4.79 Å². The van der Waals surface area contributed by atoms with Crippen LogP contribution in [0.5, 0.6) is 0 Å². The largest absolute Gasteiger partial charge is 0.289 e. The molecule has 0 N–H and O–H groups in total. The van der Waals surface area contributed by atoms with Crippen LogP contribution in [0.1, 0.15) is 15.9 Å². The number of halogens is 1. The van der Waals surface area contributed by atoms with Gasteiger partial charge in [-0.3, -0.25) is 4.79 Å². The summed E-state index contributed by atoms with van der Waals surface area (Å²) in [5.41, 5.74) is 2.50. The van der Waals surface area contributed by atoms with Crippen LogP contribution in [0.4, 0.5) is 0 Å². The lowest BCUT2D eigenvalue weighted by molar-refractivity contribution is 0.104. The highest BCUT2D eigenvalue weighted by Crippen LogP contribution is 2.16. The van der Waals surface area contributed by atoms with E-state index in [9.17, 15) is 4.79 Å². The molecule has 90 valence electrons. The summed E-state index contributed by atoms with van der Waals surface area (Å²) in [5, 5.41) is 0. The van der Waals surface area contributed by atoms with Gasteiger partial charge in [-0.2, -0.15) is 0 Å². The number of carbonyl (C=O) groups is 1. The van der Waals surface area contributed by atoms with Gasteiger partial charge in [0.1, 0.15) is 0 Å². The molecule has 0 aliphatic heterocycles. The monoisotopic (exact) mass is 256 g/mol. The average molecular weight is 257 g/mol. The Balaban J connectivity index is 2.29. The molecule has 0 bridgehead atoms. The minimum atomic E-state index is -0.0184. The van der Waals surface area contributed by atoms with E-state index in [1.54, 1.807) is 18.2 Å². The van der Waals surface area contributed by atoms with Crippen molar-refractivity contribution in [2.45, 2.75) is 0 Å². The molecule has 0 spiro atoms. The molecule has 2 rings (SSSR count). The molecule has 0 radical (unpaired) electrons. The summed E-state index contributed by atoms with van der Waals surface area (Å²) >= 11 is 5.91. The zero-order valence-electron chi connectivity index (χ0n) is 9.84. The molecule has 0 unspecified atom stereocenters. The van der Waals surface area contributed by atoms with Gasteiger partial charge < -0.3 is 0 Å². The maximum Gasteiger partial charge on any atom is 0.186 e. The first-order valence-electron chi connectivity index (χ1n) is 5.72. The Hall–Kier alpha value is -1.86. The van der Waals surface area contributed by atoms with Crippen molar-refractivity contribution in [1.82, 2.24) is 0 Å². The highest BCUT2D eigenvalue weighted by atomic mass is 35.5. The molecule has 0 aromatic heterocycles. The molecule has 0 saturated heterocycles. The molecule has 1 nitrogen and oxygen atoms in total. The molecule has 0 atom stereocenters. The number of ketones is 1. The maximum absolute atomic E-state index is 12.1. The smallest absolute Gasteiger partial charge is 0.186 e. The summed E-state index contributed by atoms with van der Waals surface area (Å²) in [6.45, 7) is 0. The zero-order valence-corrected chi connectivity index (χ0v) is 10.6. The SMILES string of the molecule is O=C(/C=C(\CCl)c1ccccc1)c1ccccc1. The highest BCUT2D eigenvalue weighted by Gasteiger charge is 2.05. The maximum atomic E-state index is 12.1.